The van der Waals surface area contributed by atoms with Gasteiger partial charge in [-0.3, -0.25) is 0 Å². The van der Waals surface area contributed by atoms with Crippen molar-refractivity contribution in [1.82, 2.24) is 19.6 Å². The average molecular weight is 346 g/mol. The molecule has 1 aliphatic rings. The molecule has 10 heteroatoms. The van der Waals surface area contributed by atoms with Crippen molar-refractivity contribution in [3.05, 3.63) is 47.8 Å². The number of sulfonamides is 1. The van der Waals surface area contributed by atoms with Crippen molar-refractivity contribution in [1.29, 1.82) is 0 Å². The van der Waals surface area contributed by atoms with Crippen molar-refractivity contribution in [2.45, 2.75) is 18.2 Å². The molecule has 0 aliphatic carbocycles. The van der Waals surface area contributed by atoms with Crippen LogP contribution in [0.25, 0.3) is 0 Å². The second kappa shape index (κ2) is 6.58. The molecule has 3 rings (SSSR count). The molecule has 0 unspecified atom stereocenters. The lowest BCUT2D eigenvalue weighted by Crippen LogP contribution is -2.34. The molecule has 0 spiro atoms. The highest BCUT2D eigenvalue weighted by Crippen LogP contribution is 2.20. The van der Waals surface area contributed by atoms with Crippen LogP contribution in [0.5, 0.6) is 5.75 Å². The Bertz CT molecular complexity index is 860. The molecule has 8 nitrogen and oxygen atoms in total. The third kappa shape index (κ3) is 3.54. The summed E-state index contributed by atoms with van der Waals surface area (Å²) in [5.74, 6) is 0.235. The summed E-state index contributed by atoms with van der Waals surface area (Å²) < 4.78 is 31.2. The zero-order chi connectivity index (χ0) is 17.2. The molecule has 1 N–H and O–H groups in total. The number of aromatic nitrogens is 2. The van der Waals surface area contributed by atoms with Crippen LogP contribution < -0.4 is 9.46 Å². The molecule has 2 aromatic rings. The molecule has 24 heavy (non-hydrogen) atoms. The fraction of sp³-hybridized carbons (Fsp3) is 0.214. The van der Waals surface area contributed by atoms with Crippen LogP contribution >= 0.6 is 0 Å². The predicted molar refractivity (Wildman–Crippen MR) is 87.5 cm³/mol. The lowest BCUT2D eigenvalue weighted by Gasteiger charge is -2.09. The Kier molecular flexibility index (Phi) is 4.50. The summed E-state index contributed by atoms with van der Waals surface area (Å²) in [4.78, 5) is 21.8. The molecule has 0 saturated heterocycles. The first kappa shape index (κ1) is 16.4. The van der Waals surface area contributed by atoms with Crippen LogP contribution in [0, 0.1) is 0 Å². The van der Waals surface area contributed by atoms with E-state index in [1.54, 1.807) is 18.2 Å². The standard InChI is InChI=1S/C14H15BN4O4S/c15-9-19-7-10-6-16-13(17-12(10)8-19)24(21,22)18-14(20)23-11-4-2-1-3-5-11/h1-6H,7-9,15H2,(H,18,20). The van der Waals surface area contributed by atoms with E-state index < -0.39 is 21.3 Å². The number of carbonyl (C=O) groups excluding carboxylic acids is 1. The highest BCUT2D eigenvalue weighted by Gasteiger charge is 2.26. The van der Waals surface area contributed by atoms with E-state index in [9.17, 15) is 13.2 Å². The largest absolute Gasteiger partial charge is 0.426 e. The lowest BCUT2D eigenvalue weighted by molar-refractivity contribution is 0.206. The summed E-state index contributed by atoms with van der Waals surface area (Å²) in [7, 11) is -2.18. The van der Waals surface area contributed by atoms with Crippen molar-refractivity contribution in [3.8, 4) is 5.75 Å². The van der Waals surface area contributed by atoms with Crippen LogP contribution in [0.2, 0.25) is 0 Å². The first-order valence-corrected chi connectivity index (χ1v) is 8.83. The van der Waals surface area contributed by atoms with E-state index in [4.69, 9.17) is 4.74 Å². The molecule has 1 aromatic heterocycles. The Hall–Kier alpha value is -2.46. The fourth-order valence-electron chi connectivity index (χ4n) is 2.33. The third-order valence-corrected chi connectivity index (χ3v) is 4.67. The molecule has 0 saturated carbocycles. The van der Waals surface area contributed by atoms with E-state index in [1.807, 2.05) is 12.6 Å². The summed E-state index contributed by atoms with van der Waals surface area (Å²) in [6.07, 6.45) is 1.20. The van der Waals surface area contributed by atoms with Gasteiger partial charge in [0.05, 0.1) is 5.69 Å². The second-order valence-corrected chi connectivity index (χ2v) is 6.81. The summed E-state index contributed by atoms with van der Waals surface area (Å²) in [6.45, 7) is 1.25. The van der Waals surface area contributed by atoms with Gasteiger partial charge in [-0.1, -0.05) is 18.2 Å². The predicted octanol–water partition coefficient (Wildman–Crippen LogP) is -0.140. The third-order valence-electron chi connectivity index (χ3n) is 3.56. The molecular formula is C14H15BN4O4S. The molecule has 1 aromatic carbocycles. The first-order chi connectivity index (χ1) is 11.5. The average Bonchev–Trinajstić information content (AvgIpc) is 2.97. The number of nitrogens with zero attached hydrogens (tertiary/aromatic N) is 3. The molecule has 1 aliphatic heterocycles. The monoisotopic (exact) mass is 346 g/mol. The zero-order valence-electron chi connectivity index (χ0n) is 13.0. The van der Waals surface area contributed by atoms with Crippen molar-refractivity contribution in [2.75, 3.05) is 6.44 Å². The fourth-order valence-corrected chi connectivity index (χ4v) is 3.10. The Morgan fingerprint density at radius 1 is 1.29 bits per heavy atom. The molecule has 1 amide bonds. The maximum atomic E-state index is 12.2. The van der Waals surface area contributed by atoms with Gasteiger partial charge in [0.2, 0.25) is 0 Å². The van der Waals surface area contributed by atoms with Gasteiger partial charge >= 0.3 is 16.1 Å². The number of benzene rings is 1. The van der Waals surface area contributed by atoms with E-state index in [1.165, 1.54) is 18.3 Å². The minimum atomic E-state index is -4.19. The van der Waals surface area contributed by atoms with Crippen molar-refractivity contribution in [3.63, 3.8) is 0 Å². The highest BCUT2D eigenvalue weighted by atomic mass is 32.2. The number of amides is 1. The summed E-state index contributed by atoms with van der Waals surface area (Å²) in [5.41, 5.74) is 1.55. The molecule has 0 fully saturated rings. The van der Waals surface area contributed by atoms with Crippen molar-refractivity contribution in [2.24, 2.45) is 0 Å². The van der Waals surface area contributed by atoms with Crippen LogP contribution in [0.15, 0.2) is 41.7 Å². The van der Waals surface area contributed by atoms with Gasteiger partial charge in [-0.25, -0.2) is 19.5 Å². The summed E-state index contributed by atoms with van der Waals surface area (Å²) in [5, 5.41) is -0.441. The molecule has 124 valence electrons. The van der Waals surface area contributed by atoms with Gasteiger partial charge < -0.3 is 9.64 Å². The molecule has 2 heterocycles. The summed E-state index contributed by atoms with van der Waals surface area (Å²) in [6, 6.07) is 8.16. The number of ether oxygens (including phenoxy) is 1. The van der Waals surface area contributed by atoms with Gasteiger partial charge in [0.25, 0.3) is 5.16 Å². The summed E-state index contributed by atoms with van der Waals surface area (Å²) >= 11 is 0. The number of para-hydroxylation sites is 1. The van der Waals surface area contributed by atoms with E-state index in [0.29, 0.717) is 18.8 Å². The van der Waals surface area contributed by atoms with Gasteiger partial charge in [0.1, 0.15) is 13.6 Å². The van der Waals surface area contributed by atoms with Gasteiger partial charge in [0.15, 0.2) is 0 Å². The van der Waals surface area contributed by atoms with Crippen LogP contribution in [0.3, 0.4) is 0 Å². The van der Waals surface area contributed by atoms with E-state index in [0.717, 1.165) is 12.0 Å². The van der Waals surface area contributed by atoms with Gasteiger partial charge in [0, 0.05) is 24.8 Å². The van der Waals surface area contributed by atoms with Crippen molar-refractivity contribution >= 4 is 24.0 Å². The Morgan fingerprint density at radius 3 is 2.75 bits per heavy atom. The molecular weight excluding hydrogens is 331 g/mol. The lowest BCUT2D eigenvalue weighted by atomic mass is 10.1. The maximum absolute atomic E-state index is 12.2. The smallest absolute Gasteiger partial charge is 0.410 e. The van der Waals surface area contributed by atoms with Gasteiger partial charge in [-0.05, 0) is 18.6 Å². The number of fused-ring (bicyclic) bond motifs is 1. The number of nitrogens with one attached hydrogen (secondary N) is 1. The van der Waals surface area contributed by atoms with Crippen LogP contribution in [0.4, 0.5) is 4.79 Å². The van der Waals surface area contributed by atoms with E-state index >= 15 is 0 Å². The Morgan fingerprint density at radius 2 is 2.04 bits per heavy atom. The zero-order valence-corrected chi connectivity index (χ0v) is 13.8. The van der Waals surface area contributed by atoms with Gasteiger partial charge in [-0.15, -0.1) is 0 Å². The van der Waals surface area contributed by atoms with Crippen molar-refractivity contribution < 1.29 is 17.9 Å². The first-order valence-electron chi connectivity index (χ1n) is 7.35. The van der Waals surface area contributed by atoms with Crippen LogP contribution in [-0.2, 0) is 23.1 Å². The molecule has 0 atom stereocenters. The number of carbonyl (C=O) groups is 1. The number of hydrogen-bond acceptors (Lipinski definition) is 7. The maximum Gasteiger partial charge on any atom is 0.426 e. The van der Waals surface area contributed by atoms with Crippen LogP contribution in [-0.4, -0.2) is 43.7 Å². The number of hydrogen-bond donors (Lipinski definition) is 1. The SMILES string of the molecule is BCN1Cc2cnc(S(=O)(=O)NC(=O)Oc3ccccc3)nc2C1. The van der Waals surface area contributed by atoms with E-state index in [-0.39, 0.29) is 5.75 Å². The highest BCUT2D eigenvalue weighted by molar-refractivity contribution is 7.89. The molecule has 0 radical (unpaired) electrons. The normalized spacial score (nSPS) is 14.2. The second-order valence-electron chi connectivity index (χ2n) is 5.24. The topological polar surface area (TPSA) is 101 Å². The van der Waals surface area contributed by atoms with Gasteiger partial charge in [-0.2, -0.15) is 8.42 Å². The van der Waals surface area contributed by atoms with Crippen LogP contribution in [0.1, 0.15) is 11.3 Å². The Balaban J connectivity index is 1.73. The minimum absolute atomic E-state index is 0.235. The number of rotatable bonds is 4. The minimum Gasteiger partial charge on any atom is -0.410 e. The quantitative estimate of drug-likeness (QED) is 0.607. The Labute approximate surface area is 140 Å². The van der Waals surface area contributed by atoms with E-state index in [2.05, 4.69) is 14.9 Å². The molecule has 0 bridgehead atoms.